The second-order valence-corrected chi connectivity index (χ2v) is 4.67. The summed E-state index contributed by atoms with van der Waals surface area (Å²) >= 11 is 5.73. The Morgan fingerprint density at radius 3 is 2.62 bits per heavy atom. The number of aromatic hydroxyl groups is 1. The molecule has 0 radical (unpaired) electrons. The highest BCUT2D eigenvalue weighted by atomic mass is 35.5. The number of hydrogen-bond donors (Lipinski definition) is 2. The van der Waals surface area contributed by atoms with Gasteiger partial charge in [-0.15, -0.1) is 0 Å². The number of rotatable bonds is 1. The molecular weight excluding hydrogens is 302 g/mol. The van der Waals surface area contributed by atoms with Crippen molar-refractivity contribution in [2.45, 2.75) is 0 Å². The predicted octanol–water partition coefficient (Wildman–Crippen LogP) is 3.23. The molecule has 0 spiro atoms. The molecule has 4 nitrogen and oxygen atoms in total. The molecule has 0 aliphatic rings. The van der Waals surface area contributed by atoms with Crippen molar-refractivity contribution in [3.63, 3.8) is 0 Å². The van der Waals surface area contributed by atoms with Crippen LogP contribution in [-0.4, -0.2) is 15.1 Å². The molecule has 3 rings (SSSR count). The lowest BCUT2D eigenvalue weighted by molar-refractivity contribution is 0.481. The minimum absolute atomic E-state index is 0.136. The number of fused-ring (bicyclic) bond motifs is 1. The van der Waals surface area contributed by atoms with Gasteiger partial charge in [-0.3, -0.25) is 4.79 Å². The fraction of sp³-hybridized carbons (Fsp3) is 0. The molecule has 0 aliphatic carbocycles. The number of pyridine rings is 2. The number of aromatic nitrogens is 2. The van der Waals surface area contributed by atoms with Gasteiger partial charge in [0, 0.05) is 11.8 Å². The van der Waals surface area contributed by atoms with E-state index < -0.39 is 39.1 Å². The highest BCUT2D eigenvalue weighted by Gasteiger charge is 2.22. The van der Waals surface area contributed by atoms with Crippen LogP contribution in [0.4, 0.5) is 8.78 Å². The number of benzene rings is 1. The van der Waals surface area contributed by atoms with Crippen LogP contribution in [0.1, 0.15) is 0 Å². The number of aromatic amines is 1. The van der Waals surface area contributed by atoms with Crippen LogP contribution in [0, 0.1) is 11.6 Å². The average molecular weight is 309 g/mol. The standard InChI is InChI=1S/C14H7ClF2N2O2/c15-11-8(17)4-3-7(16)9(11)10-12(20)6-2-1-5-18-13(6)19-14(10)21/h1-5H,(H2,18,19,20,21). The zero-order valence-corrected chi connectivity index (χ0v) is 11.1. The molecule has 2 N–H and O–H groups in total. The molecule has 7 heteroatoms. The molecule has 2 aromatic heterocycles. The molecule has 2 heterocycles. The number of hydrogen-bond acceptors (Lipinski definition) is 3. The van der Waals surface area contributed by atoms with Gasteiger partial charge in [0.05, 0.1) is 16.0 Å². The van der Waals surface area contributed by atoms with Crippen LogP contribution in [0.3, 0.4) is 0 Å². The third-order valence-electron chi connectivity index (χ3n) is 3.05. The second kappa shape index (κ2) is 4.82. The van der Waals surface area contributed by atoms with E-state index >= 15 is 0 Å². The molecule has 106 valence electrons. The maximum Gasteiger partial charge on any atom is 0.261 e. The summed E-state index contributed by atoms with van der Waals surface area (Å²) in [5, 5.41) is 9.85. The van der Waals surface area contributed by atoms with Crippen molar-refractivity contribution in [2.75, 3.05) is 0 Å². The molecule has 21 heavy (non-hydrogen) atoms. The number of halogens is 3. The fourth-order valence-electron chi connectivity index (χ4n) is 2.10. The quantitative estimate of drug-likeness (QED) is 0.678. The van der Waals surface area contributed by atoms with Crippen molar-refractivity contribution < 1.29 is 13.9 Å². The fourth-order valence-corrected chi connectivity index (χ4v) is 2.34. The Kier molecular flexibility index (Phi) is 3.10. The second-order valence-electron chi connectivity index (χ2n) is 4.30. The molecule has 0 atom stereocenters. The maximum atomic E-state index is 13.9. The van der Waals surface area contributed by atoms with Gasteiger partial charge < -0.3 is 10.1 Å². The Morgan fingerprint density at radius 1 is 1.14 bits per heavy atom. The average Bonchev–Trinajstić information content (AvgIpc) is 2.46. The molecule has 0 fully saturated rings. The third kappa shape index (κ3) is 2.04. The highest BCUT2D eigenvalue weighted by Crippen LogP contribution is 2.37. The summed E-state index contributed by atoms with van der Waals surface area (Å²) in [6.07, 6.45) is 1.42. The van der Waals surface area contributed by atoms with Gasteiger partial charge in [-0.2, -0.15) is 0 Å². The van der Waals surface area contributed by atoms with E-state index in [2.05, 4.69) is 9.97 Å². The molecule has 0 aliphatic heterocycles. The molecule has 0 saturated carbocycles. The normalized spacial score (nSPS) is 11.0. The Hall–Kier alpha value is -2.47. The van der Waals surface area contributed by atoms with Crippen LogP contribution >= 0.6 is 11.6 Å². The van der Waals surface area contributed by atoms with E-state index in [1.165, 1.54) is 18.3 Å². The van der Waals surface area contributed by atoms with Crippen LogP contribution < -0.4 is 5.56 Å². The lowest BCUT2D eigenvalue weighted by Crippen LogP contribution is -2.11. The highest BCUT2D eigenvalue weighted by molar-refractivity contribution is 6.33. The summed E-state index contributed by atoms with van der Waals surface area (Å²) < 4.78 is 27.5. The summed E-state index contributed by atoms with van der Waals surface area (Å²) in [5.41, 5.74) is -1.60. The van der Waals surface area contributed by atoms with Gasteiger partial charge in [0.15, 0.2) is 0 Å². The first kappa shape index (κ1) is 13.5. The van der Waals surface area contributed by atoms with Crippen LogP contribution in [-0.2, 0) is 0 Å². The summed E-state index contributed by atoms with van der Waals surface area (Å²) in [6.45, 7) is 0. The monoisotopic (exact) mass is 308 g/mol. The van der Waals surface area contributed by atoms with Crippen molar-refractivity contribution >= 4 is 22.6 Å². The first-order valence-corrected chi connectivity index (χ1v) is 6.22. The number of H-pyrrole nitrogens is 1. The predicted molar refractivity (Wildman–Crippen MR) is 74.4 cm³/mol. The lowest BCUT2D eigenvalue weighted by Gasteiger charge is -2.10. The van der Waals surface area contributed by atoms with Crippen LogP contribution in [0.15, 0.2) is 35.3 Å². The largest absolute Gasteiger partial charge is 0.506 e. The van der Waals surface area contributed by atoms with E-state index in [1.54, 1.807) is 0 Å². The molecule has 0 unspecified atom stereocenters. The van der Waals surface area contributed by atoms with Gasteiger partial charge in [-0.1, -0.05) is 11.6 Å². The molecule has 1 aromatic carbocycles. The van der Waals surface area contributed by atoms with Crippen LogP contribution in [0.2, 0.25) is 5.02 Å². The summed E-state index contributed by atoms with van der Waals surface area (Å²) in [5.74, 6) is -2.31. The smallest absolute Gasteiger partial charge is 0.261 e. The molecule has 0 saturated heterocycles. The van der Waals surface area contributed by atoms with Crippen molar-refractivity contribution in [3.8, 4) is 16.9 Å². The van der Waals surface area contributed by atoms with E-state index in [-0.39, 0.29) is 11.0 Å². The van der Waals surface area contributed by atoms with Gasteiger partial charge >= 0.3 is 0 Å². The molecule has 0 bridgehead atoms. The van der Waals surface area contributed by atoms with E-state index in [0.717, 1.165) is 12.1 Å². The summed E-state index contributed by atoms with van der Waals surface area (Å²) in [4.78, 5) is 18.3. The summed E-state index contributed by atoms with van der Waals surface area (Å²) in [7, 11) is 0. The van der Waals surface area contributed by atoms with Crippen molar-refractivity contribution in [2.24, 2.45) is 0 Å². The molecule has 3 aromatic rings. The van der Waals surface area contributed by atoms with Crippen molar-refractivity contribution in [1.29, 1.82) is 0 Å². The van der Waals surface area contributed by atoms with Gasteiger partial charge in [-0.25, -0.2) is 13.8 Å². The van der Waals surface area contributed by atoms with Crippen molar-refractivity contribution in [3.05, 3.63) is 57.5 Å². The van der Waals surface area contributed by atoms with Gasteiger partial charge in [0.2, 0.25) is 0 Å². The summed E-state index contributed by atoms with van der Waals surface area (Å²) in [6, 6.07) is 4.70. The first-order valence-electron chi connectivity index (χ1n) is 5.84. The Labute approximate surface area is 121 Å². The zero-order valence-electron chi connectivity index (χ0n) is 10.3. The van der Waals surface area contributed by atoms with Gasteiger partial charge in [0.25, 0.3) is 5.56 Å². The lowest BCUT2D eigenvalue weighted by atomic mass is 10.0. The van der Waals surface area contributed by atoms with E-state index in [1.807, 2.05) is 0 Å². The number of nitrogens with zero attached hydrogens (tertiary/aromatic N) is 1. The van der Waals surface area contributed by atoms with Gasteiger partial charge in [0.1, 0.15) is 23.0 Å². The Morgan fingerprint density at radius 2 is 1.86 bits per heavy atom. The van der Waals surface area contributed by atoms with E-state index in [0.29, 0.717) is 0 Å². The van der Waals surface area contributed by atoms with E-state index in [9.17, 15) is 18.7 Å². The zero-order chi connectivity index (χ0) is 15.1. The first-order chi connectivity index (χ1) is 10.0. The third-order valence-corrected chi connectivity index (χ3v) is 3.42. The van der Waals surface area contributed by atoms with E-state index in [4.69, 9.17) is 11.6 Å². The maximum absolute atomic E-state index is 13.9. The van der Waals surface area contributed by atoms with Crippen LogP contribution in [0.5, 0.6) is 5.75 Å². The van der Waals surface area contributed by atoms with Crippen LogP contribution in [0.25, 0.3) is 22.2 Å². The minimum Gasteiger partial charge on any atom is -0.506 e. The SMILES string of the molecule is O=c1[nH]c2ncccc2c(O)c1-c1c(F)ccc(F)c1Cl. The minimum atomic E-state index is -0.912. The van der Waals surface area contributed by atoms with Crippen molar-refractivity contribution in [1.82, 2.24) is 9.97 Å². The Balaban J connectivity index is 2.47. The van der Waals surface area contributed by atoms with Gasteiger partial charge in [-0.05, 0) is 24.3 Å². The Bertz CT molecular complexity index is 925. The number of nitrogens with one attached hydrogen (secondary N) is 1. The molecule has 0 amide bonds. The molecular formula is C14H7ClF2N2O2. The topological polar surface area (TPSA) is 66.0 Å².